The Morgan fingerprint density at radius 2 is 1.85 bits per heavy atom. The number of hydrogen-bond acceptors (Lipinski definition) is 5. The number of esters is 1. The van der Waals surface area contributed by atoms with Crippen LogP contribution in [0.5, 0.6) is 0 Å². The largest absolute Gasteiger partial charge is 0.461 e. The number of likely N-dealkylation sites (tertiary alicyclic amines) is 1. The van der Waals surface area contributed by atoms with Crippen molar-refractivity contribution < 1.29 is 13.9 Å². The highest BCUT2D eigenvalue weighted by Crippen LogP contribution is 2.25. The van der Waals surface area contributed by atoms with Crippen molar-refractivity contribution in [1.82, 2.24) is 4.90 Å². The number of carbonyl (C=O) groups excluding carboxylic acids is 1. The van der Waals surface area contributed by atoms with E-state index in [-0.39, 0.29) is 12.2 Å². The van der Waals surface area contributed by atoms with Crippen LogP contribution in [0, 0.1) is 0 Å². The van der Waals surface area contributed by atoms with E-state index in [0.717, 1.165) is 29.2 Å². The van der Waals surface area contributed by atoms with Crippen LogP contribution in [0.25, 0.3) is 21.7 Å². The molecule has 0 radical (unpaired) electrons. The summed E-state index contributed by atoms with van der Waals surface area (Å²) in [5, 5.41) is 2.71. The van der Waals surface area contributed by atoms with Crippen LogP contribution in [0.4, 0.5) is 0 Å². The Labute approximate surface area is 151 Å². The molecule has 3 aromatic rings. The summed E-state index contributed by atoms with van der Waals surface area (Å²) < 4.78 is 10.7. The van der Waals surface area contributed by atoms with E-state index in [9.17, 15) is 9.59 Å². The summed E-state index contributed by atoms with van der Waals surface area (Å²) in [5.74, 6) is -0.620. The molecule has 1 aliphatic rings. The zero-order chi connectivity index (χ0) is 17.9. The normalized spacial score (nSPS) is 15.4. The summed E-state index contributed by atoms with van der Waals surface area (Å²) in [6.45, 7) is 3.07. The molecule has 1 fully saturated rings. The number of hydrogen-bond donors (Lipinski definition) is 0. The molecular weight excluding hydrogens is 330 g/mol. The topological polar surface area (TPSA) is 59.8 Å². The molecular formula is C21H21NO4. The van der Waals surface area contributed by atoms with Crippen LogP contribution in [0.2, 0.25) is 0 Å². The first-order valence-electron chi connectivity index (χ1n) is 9.07. The fourth-order valence-corrected chi connectivity index (χ4v) is 3.54. The monoisotopic (exact) mass is 351 g/mol. The molecule has 4 rings (SSSR count). The van der Waals surface area contributed by atoms with E-state index in [0.29, 0.717) is 12.1 Å². The summed E-state index contributed by atoms with van der Waals surface area (Å²) in [5.41, 5.74) is -0.234. The lowest BCUT2D eigenvalue weighted by atomic mass is 10.0. The van der Waals surface area contributed by atoms with E-state index >= 15 is 0 Å². The SMILES string of the molecule is O=C(OCCN1CCCCC1)c1cc2c(ccc3ccccc32)oc1=O. The van der Waals surface area contributed by atoms with Gasteiger partial charge in [-0.25, -0.2) is 9.59 Å². The molecule has 1 saturated heterocycles. The van der Waals surface area contributed by atoms with Gasteiger partial charge in [-0.05, 0) is 48.8 Å². The number of fused-ring (bicyclic) bond motifs is 3. The van der Waals surface area contributed by atoms with Gasteiger partial charge >= 0.3 is 11.6 Å². The minimum absolute atomic E-state index is 0.0486. The van der Waals surface area contributed by atoms with E-state index in [1.807, 2.05) is 30.3 Å². The van der Waals surface area contributed by atoms with Gasteiger partial charge in [-0.2, -0.15) is 0 Å². The van der Waals surface area contributed by atoms with Crippen molar-refractivity contribution >= 4 is 27.7 Å². The van der Waals surface area contributed by atoms with E-state index in [1.54, 1.807) is 12.1 Å². The van der Waals surface area contributed by atoms with Crippen molar-refractivity contribution in [3.8, 4) is 0 Å². The molecule has 2 aromatic carbocycles. The maximum absolute atomic E-state index is 12.4. The molecule has 0 saturated carbocycles. The molecule has 1 aromatic heterocycles. The van der Waals surface area contributed by atoms with Crippen LogP contribution in [-0.2, 0) is 4.74 Å². The second-order valence-corrected chi connectivity index (χ2v) is 6.68. The fraction of sp³-hybridized carbons (Fsp3) is 0.333. The van der Waals surface area contributed by atoms with Gasteiger partial charge in [0.15, 0.2) is 0 Å². The molecule has 134 valence electrons. The molecule has 0 aliphatic carbocycles. The standard InChI is InChI=1S/C21H21NO4/c23-20(25-13-12-22-10-4-1-5-11-22)18-14-17-16-7-3-2-6-15(16)8-9-19(17)26-21(18)24/h2-3,6-9,14H,1,4-5,10-13H2. The Bertz CT molecular complexity index is 1000. The predicted octanol–water partition coefficient (Wildman–Crippen LogP) is 3.59. The van der Waals surface area contributed by atoms with E-state index in [2.05, 4.69) is 4.90 Å². The van der Waals surface area contributed by atoms with E-state index < -0.39 is 11.6 Å². The molecule has 1 aliphatic heterocycles. The Morgan fingerprint density at radius 1 is 1.04 bits per heavy atom. The first kappa shape index (κ1) is 16.8. The molecule has 0 N–H and O–H groups in total. The summed E-state index contributed by atoms with van der Waals surface area (Å²) >= 11 is 0. The van der Waals surface area contributed by atoms with Gasteiger partial charge in [-0.1, -0.05) is 36.8 Å². The summed E-state index contributed by atoms with van der Waals surface area (Å²) in [4.78, 5) is 26.9. The van der Waals surface area contributed by atoms with Crippen LogP contribution in [0.15, 0.2) is 51.7 Å². The number of nitrogens with zero attached hydrogens (tertiary/aromatic N) is 1. The van der Waals surface area contributed by atoms with Crippen LogP contribution >= 0.6 is 0 Å². The van der Waals surface area contributed by atoms with Crippen LogP contribution in [0.1, 0.15) is 29.6 Å². The Balaban J connectivity index is 1.56. The molecule has 2 heterocycles. The third-order valence-corrected chi connectivity index (χ3v) is 4.95. The highest BCUT2D eigenvalue weighted by Gasteiger charge is 2.17. The van der Waals surface area contributed by atoms with Crippen LogP contribution in [0.3, 0.4) is 0 Å². The number of piperidine rings is 1. The number of benzene rings is 2. The van der Waals surface area contributed by atoms with E-state index in [1.165, 1.54) is 19.3 Å². The summed E-state index contributed by atoms with van der Waals surface area (Å²) in [7, 11) is 0. The van der Waals surface area contributed by atoms with Gasteiger partial charge in [-0.15, -0.1) is 0 Å². The lowest BCUT2D eigenvalue weighted by Crippen LogP contribution is -2.33. The average molecular weight is 351 g/mol. The lowest BCUT2D eigenvalue weighted by Gasteiger charge is -2.25. The first-order valence-corrected chi connectivity index (χ1v) is 9.07. The van der Waals surface area contributed by atoms with Gasteiger partial charge in [0, 0.05) is 11.9 Å². The maximum atomic E-state index is 12.4. The highest BCUT2D eigenvalue weighted by molar-refractivity contribution is 6.07. The van der Waals surface area contributed by atoms with Crippen molar-refractivity contribution in [3.63, 3.8) is 0 Å². The maximum Gasteiger partial charge on any atom is 0.351 e. The van der Waals surface area contributed by atoms with Gasteiger partial charge < -0.3 is 9.15 Å². The zero-order valence-corrected chi connectivity index (χ0v) is 14.6. The Morgan fingerprint density at radius 3 is 2.69 bits per heavy atom. The minimum atomic E-state index is -0.657. The van der Waals surface area contributed by atoms with Crippen molar-refractivity contribution in [3.05, 3.63) is 58.4 Å². The number of ether oxygens (including phenoxy) is 1. The minimum Gasteiger partial charge on any atom is -0.461 e. The van der Waals surface area contributed by atoms with Gasteiger partial charge in [0.1, 0.15) is 17.8 Å². The van der Waals surface area contributed by atoms with Crippen molar-refractivity contribution in [1.29, 1.82) is 0 Å². The van der Waals surface area contributed by atoms with E-state index in [4.69, 9.17) is 9.15 Å². The molecule has 0 spiro atoms. The summed E-state index contributed by atoms with van der Waals surface area (Å²) in [6, 6.07) is 13.0. The van der Waals surface area contributed by atoms with Gasteiger partial charge in [0.25, 0.3) is 0 Å². The third-order valence-electron chi connectivity index (χ3n) is 4.95. The van der Waals surface area contributed by atoms with Gasteiger partial charge in [-0.3, -0.25) is 4.90 Å². The van der Waals surface area contributed by atoms with Crippen molar-refractivity contribution in [2.24, 2.45) is 0 Å². The smallest absolute Gasteiger partial charge is 0.351 e. The Hall–Kier alpha value is -2.66. The van der Waals surface area contributed by atoms with Gasteiger partial charge in [0.05, 0.1) is 0 Å². The summed E-state index contributed by atoms with van der Waals surface area (Å²) in [6.07, 6.45) is 3.65. The molecule has 5 heteroatoms. The third kappa shape index (κ3) is 3.35. The lowest BCUT2D eigenvalue weighted by molar-refractivity contribution is 0.0447. The first-order chi connectivity index (χ1) is 12.7. The molecule has 0 bridgehead atoms. The zero-order valence-electron chi connectivity index (χ0n) is 14.6. The molecule has 5 nitrogen and oxygen atoms in total. The second kappa shape index (κ2) is 7.30. The molecule has 26 heavy (non-hydrogen) atoms. The predicted molar refractivity (Wildman–Crippen MR) is 101 cm³/mol. The van der Waals surface area contributed by atoms with Crippen LogP contribution < -0.4 is 5.63 Å². The van der Waals surface area contributed by atoms with Crippen molar-refractivity contribution in [2.75, 3.05) is 26.2 Å². The molecule has 0 atom stereocenters. The highest BCUT2D eigenvalue weighted by atomic mass is 16.5. The number of carbonyl (C=O) groups is 1. The second-order valence-electron chi connectivity index (χ2n) is 6.68. The van der Waals surface area contributed by atoms with Crippen LogP contribution in [-0.4, -0.2) is 37.1 Å². The molecule has 0 unspecified atom stereocenters. The molecule has 0 amide bonds. The average Bonchev–Trinajstić information content (AvgIpc) is 2.68. The quantitative estimate of drug-likeness (QED) is 0.408. The van der Waals surface area contributed by atoms with Gasteiger partial charge in [0.2, 0.25) is 0 Å². The van der Waals surface area contributed by atoms with Crippen molar-refractivity contribution in [2.45, 2.75) is 19.3 Å². The number of rotatable bonds is 4. The fourth-order valence-electron chi connectivity index (χ4n) is 3.54. The Kier molecular flexibility index (Phi) is 4.71.